The van der Waals surface area contributed by atoms with E-state index in [2.05, 4.69) is 65.1 Å². The van der Waals surface area contributed by atoms with Crippen molar-refractivity contribution in [2.45, 2.75) is 112 Å². The minimum Gasteiger partial charge on any atom is -0.393 e. The molecule has 1 amide bonds. The van der Waals surface area contributed by atoms with Gasteiger partial charge in [-0.3, -0.25) is 9.59 Å². The van der Waals surface area contributed by atoms with Gasteiger partial charge in [0.1, 0.15) is 0 Å². The first-order valence-corrected chi connectivity index (χ1v) is 16.9. The summed E-state index contributed by atoms with van der Waals surface area (Å²) in [7, 11) is 0. The van der Waals surface area contributed by atoms with Crippen molar-refractivity contribution in [2.75, 3.05) is 0 Å². The van der Waals surface area contributed by atoms with Crippen LogP contribution in [0.4, 0.5) is 0 Å². The molecule has 5 aliphatic rings. The van der Waals surface area contributed by atoms with E-state index in [4.69, 9.17) is 11.6 Å². The van der Waals surface area contributed by atoms with Gasteiger partial charge in [0.15, 0.2) is 5.78 Å². The van der Waals surface area contributed by atoms with Gasteiger partial charge in [-0.1, -0.05) is 77.8 Å². The van der Waals surface area contributed by atoms with Crippen molar-refractivity contribution in [1.29, 1.82) is 0 Å². The van der Waals surface area contributed by atoms with Crippen LogP contribution in [0.25, 0.3) is 0 Å². The number of hydrazone groups is 1. The van der Waals surface area contributed by atoms with Crippen molar-refractivity contribution in [3.8, 4) is 0 Å². The van der Waals surface area contributed by atoms with Crippen LogP contribution in [-0.4, -0.2) is 29.1 Å². The number of benzene rings is 1. The van der Waals surface area contributed by atoms with Gasteiger partial charge in [0.2, 0.25) is 5.91 Å². The molecule has 9 unspecified atom stereocenters. The van der Waals surface area contributed by atoms with E-state index in [1.54, 1.807) is 6.21 Å². The van der Waals surface area contributed by atoms with Gasteiger partial charge in [-0.25, -0.2) is 5.43 Å². The minimum atomic E-state index is -0.561. The molecule has 5 aliphatic carbocycles. The number of carbonyl (C=O) groups excluding carboxylic acids is 2. The van der Waals surface area contributed by atoms with E-state index in [0.29, 0.717) is 16.7 Å². The summed E-state index contributed by atoms with van der Waals surface area (Å²) >= 11 is 6.00. The smallest absolute Gasteiger partial charge is 0.246 e. The number of aliphatic hydroxyl groups is 1. The van der Waals surface area contributed by atoms with Crippen LogP contribution < -0.4 is 5.43 Å². The van der Waals surface area contributed by atoms with Gasteiger partial charge in [0.05, 0.1) is 12.3 Å². The molecule has 5 nitrogen and oxygen atoms in total. The summed E-state index contributed by atoms with van der Waals surface area (Å²) in [6.07, 6.45) is 11.9. The lowest BCUT2D eigenvalue weighted by atomic mass is 9.33. The quantitative estimate of drug-likeness (QED) is 0.269. The number of carbonyl (C=O) groups is 2. The van der Waals surface area contributed by atoms with Gasteiger partial charge in [-0.15, -0.1) is 0 Å². The van der Waals surface area contributed by atoms with Crippen LogP contribution in [-0.2, 0) is 9.59 Å². The number of hydrogen-bond acceptors (Lipinski definition) is 4. The molecule has 6 heteroatoms. The summed E-state index contributed by atoms with van der Waals surface area (Å²) in [5.41, 5.74) is 4.00. The van der Waals surface area contributed by atoms with Crippen LogP contribution >= 0.6 is 11.6 Å². The molecular weight excluding hydrogens is 556 g/mol. The van der Waals surface area contributed by atoms with Gasteiger partial charge in [0.25, 0.3) is 0 Å². The second-order valence-corrected chi connectivity index (χ2v) is 17.3. The molecule has 0 aliphatic heterocycles. The number of amides is 1. The van der Waals surface area contributed by atoms with Crippen molar-refractivity contribution >= 4 is 29.5 Å². The van der Waals surface area contributed by atoms with Crippen LogP contribution in [0.1, 0.15) is 112 Å². The number of rotatable bonds is 3. The van der Waals surface area contributed by atoms with Crippen LogP contribution in [0.5, 0.6) is 0 Å². The van der Waals surface area contributed by atoms with Crippen molar-refractivity contribution in [2.24, 2.45) is 55.3 Å². The third-order valence-corrected chi connectivity index (χ3v) is 14.6. The van der Waals surface area contributed by atoms with Gasteiger partial charge >= 0.3 is 0 Å². The second kappa shape index (κ2) is 10.0. The monoisotopic (exact) mass is 606 g/mol. The Morgan fingerprint density at radius 3 is 2.33 bits per heavy atom. The fourth-order valence-corrected chi connectivity index (χ4v) is 11.3. The van der Waals surface area contributed by atoms with Gasteiger partial charge in [-0.2, -0.15) is 5.10 Å². The fraction of sp³-hybridized carbons (Fsp3) is 0.703. The molecule has 0 saturated heterocycles. The van der Waals surface area contributed by atoms with E-state index in [9.17, 15) is 14.7 Å². The number of aliphatic hydroxyl groups excluding tert-OH is 1. The number of halogens is 1. The topological polar surface area (TPSA) is 78.8 Å². The molecule has 2 N–H and O–H groups in total. The van der Waals surface area contributed by atoms with E-state index < -0.39 is 5.41 Å². The Morgan fingerprint density at radius 2 is 1.63 bits per heavy atom. The van der Waals surface area contributed by atoms with E-state index in [-0.39, 0.29) is 50.9 Å². The third kappa shape index (κ3) is 4.45. The molecule has 43 heavy (non-hydrogen) atoms. The summed E-state index contributed by atoms with van der Waals surface area (Å²) in [5, 5.41) is 15.9. The largest absolute Gasteiger partial charge is 0.393 e. The maximum absolute atomic E-state index is 14.5. The molecule has 0 radical (unpaired) electrons. The Kier molecular flexibility index (Phi) is 7.22. The highest BCUT2D eigenvalue weighted by Gasteiger charge is 2.70. The number of allylic oxidation sites excluding steroid dienone is 2. The molecule has 6 rings (SSSR count). The molecule has 4 saturated carbocycles. The highest BCUT2D eigenvalue weighted by Crippen LogP contribution is 2.75. The molecule has 1 aromatic rings. The number of ketones is 1. The third-order valence-electron chi connectivity index (χ3n) is 14.4. The molecule has 9 atom stereocenters. The van der Waals surface area contributed by atoms with Crippen molar-refractivity contribution in [3.63, 3.8) is 0 Å². The average molecular weight is 607 g/mol. The SMILES string of the molecule is CC1(C(=O)N/N=C\c2ccc(Cl)cc2)CCC2(C)CCC3(C)C(=CC(=O)C4C5(C)CCC(O)C(C)(C)C5CCC43C)C2C1. The van der Waals surface area contributed by atoms with Gasteiger partial charge < -0.3 is 5.11 Å². The molecule has 4 fully saturated rings. The number of nitrogens with zero attached hydrogens (tertiary/aromatic N) is 1. The molecule has 1 aromatic carbocycles. The zero-order valence-electron chi connectivity index (χ0n) is 27.2. The van der Waals surface area contributed by atoms with Crippen LogP contribution in [0.3, 0.4) is 0 Å². The lowest BCUT2D eigenvalue weighted by molar-refractivity contribution is -0.202. The van der Waals surface area contributed by atoms with E-state index in [1.165, 1.54) is 5.57 Å². The van der Waals surface area contributed by atoms with Crippen molar-refractivity contribution in [1.82, 2.24) is 5.43 Å². The standard InChI is InChI=1S/C37H51ClN2O3/c1-32(2)28-12-15-37(7)30(35(28,5)14-13-29(32)42)27(41)20-25-26-21-34(4,17-16-33(26,3)18-19-36(25,37)6)31(43)40-39-22-23-8-10-24(38)11-9-23/h8-11,20,22,26,28-30,42H,12-19,21H2,1-7H3,(H,40,43)/b39-22-. The summed E-state index contributed by atoms with van der Waals surface area (Å²) in [6, 6.07) is 7.37. The van der Waals surface area contributed by atoms with E-state index in [0.717, 1.165) is 63.4 Å². The Morgan fingerprint density at radius 1 is 0.953 bits per heavy atom. The van der Waals surface area contributed by atoms with E-state index >= 15 is 0 Å². The zero-order valence-corrected chi connectivity index (χ0v) is 28.0. The van der Waals surface area contributed by atoms with Crippen LogP contribution in [0.2, 0.25) is 5.02 Å². The Labute approximate surface area is 263 Å². The Bertz CT molecular complexity index is 1380. The highest BCUT2D eigenvalue weighted by molar-refractivity contribution is 6.30. The van der Waals surface area contributed by atoms with Crippen LogP contribution in [0.15, 0.2) is 41.0 Å². The first kappa shape index (κ1) is 31.0. The average Bonchev–Trinajstić information content (AvgIpc) is 2.94. The molecular formula is C37H51ClN2O3. The fourth-order valence-electron chi connectivity index (χ4n) is 11.2. The van der Waals surface area contributed by atoms with E-state index in [1.807, 2.05) is 24.3 Å². The summed E-state index contributed by atoms with van der Waals surface area (Å²) in [6.45, 7) is 16.2. The predicted octanol–water partition coefficient (Wildman–Crippen LogP) is 8.13. The van der Waals surface area contributed by atoms with Crippen molar-refractivity contribution < 1.29 is 14.7 Å². The number of hydrogen-bond donors (Lipinski definition) is 2. The lowest BCUT2D eigenvalue weighted by Crippen LogP contribution is -2.66. The Balaban J connectivity index is 1.31. The molecule has 0 spiro atoms. The maximum Gasteiger partial charge on any atom is 0.246 e. The zero-order chi connectivity index (χ0) is 31.2. The lowest BCUT2D eigenvalue weighted by Gasteiger charge is -2.70. The first-order chi connectivity index (χ1) is 20.0. The number of fused-ring (bicyclic) bond motifs is 7. The minimum absolute atomic E-state index is 0.0379. The van der Waals surface area contributed by atoms with Crippen LogP contribution in [0, 0.1) is 50.2 Å². The molecule has 234 valence electrons. The molecule has 0 heterocycles. The maximum atomic E-state index is 14.5. The van der Waals surface area contributed by atoms with Gasteiger partial charge in [-0.05, 0) is 120 Å². The number of nitrogens with one attached hydrogen (secondary N) is 1. The highest BCUT2D eigenvalue weighted by atomic mass is 35.5. The molecule has 0 aromatic heterocycles. The first-order valence-electron chi connectivity index (χ1n) is 16.5. The van der Waals surface area contributed by atoms with Gasteiger partial charge in [0, 0.05) is 16.4 Å². The predicted molar refractivity (Wildman–Crippen MR) is 173 cm³/mol. The summed E-state index contributed by atoms with van der Waals surface area (Å²) < 4.78 is 0. The summed E-state index contributed by atoms with van der Waals surface area (Å²) in [4.78, 5) is 28.2. The second-order valence-electron chi connectivity index (χ2n) is 16.9. The Hall–Kier alpha value is -1.98. The molecule has 0 bridgehead atoms. The summed E-state index contributed by atoms with van der Waals surface area (Å²) in [5.74, 6) is 0.725. The van der Waals surface area contributed by atoms with Crippen molar-refractivity contribution in [3.05, 3.63) is 46.5 Å². The normalized spacial score (nSPS) is 45.3.